The van der Waals surface area contributed by atoms with Crippen molar-refractivity contribution in [2.75, 3.05) is 6.54 Å². The van der Waals surface area contributed by atoms with Gasteiger partial charge in [0.25, 0.3) is 0 Å². The second-order valence-electron chi connectivity index (χ2n) is 6.11. The molecular weight excluding hydrogens is 248 g/mol. The molecule has 1 aromatic rings. The van der Waals surface area contributed by atoms with Crippen LogP contribution in [0.15, 0.2) is 16.7 Å². The minimum absolute atomic E-state index is 0.640. The molecule has 1 unspecified atom stereocenters. The zero-order chi connectivity index (χ0) is 14.4. The van der Waals surface area contributed by atoms with Crippen LogP contribution in [-0.2, 0) is 13.1 Å². The van der Waals surface area contributed by atoms with Crippen molar-refractivity contribution < 1.29 is 4.42 Å². The number of hydrogen-bond donors (Lipinski definition) is 1. The van der Waals surface area contributed by atoms with Crippen molar-refractivity contribution in [3.05, 3.63) is 23.7 Å². The van der Waals surface area contributed by atoms with Crippen LogP contribution in [0.1, 0.15) is 64.2 Å². The third-order valence-electron chi connectivity index (χ3n) is 4.35. The fourth-order valence-corrected chi connectivity index (χ4v) is 2.48. The van der Waals surface area contributed by atoms with Crippen molar-refractivity contribution in [3.8, 4) is 0 Å². The Morgan fingerprint density at radius 1 is 1.40 bits per heavy atom. The monoisotopic (exact) mass is 278 g/mol. The highest BCUT2D eigenvalue weighted by Gasteiger charge is 2.22. The third-order valence-corrected chi connectivity index (χ3v) is 4.35. The molecule has 1 aliphatic carbocycles. The van der Waals surface area contributed by atoms with Gasteiger partial charge in [0.05, 0.1) is 12.8 Å². The fraction of sp³-hybridized carbons (Fsp3) is 0.765. The van der Waals surface area contributed by atoms with Gasteiger partial charge in [0.1, 0.15) is 5.76 Å². The topological polar surface area (TPSA) is 28.4 Å². The van der Waals surface area contributed by atoms with Crippen molar-refractivity contribution in [2.45, 2.75) is 78.0 Å². The highest BCUT2D eigenvalue weighted by Crippen LogP contribution is 2.21. The first-order chi connectivity index (χ1) is 9.74. The molecule has 1 aliphatic rings. The summed E-state index contributed by atoms with van der Waals surface area (Å²) in [4.78, 5) is 2.59. The molecule has 1 atom stereocenters. The lowest BCUT2D eigenvalue weighted by atomic mass is 10.1. The number of rotatable bonds is 10. The van der Waals surface area contributed by atoms with Gasteiger partial charge in [0.2, 0.25) is 0 Å². The summed E-state index contributed by atoms with van der Waals surface area (Å²) < 4.78 is 5.67. The Morgan fingerprint density at radius 3 is 2.85 bits per heavy atom. The summed E-state index contributed by atoms with van der Waals surface area (Å²) in [6.07, 6.45) is 8.23. The molecule has 2 rings (SSSR count). The Balaban J connectivity index is 1.92. The molecule has 3 nitrogen and oxygen atoms in total. The van der Waals surface area contributed by atoms with Crippen LogP contribution in [0.3, 0.4) is 0 Å². The highest BCUT2D eigenvalue weighted by molar-refractivity contribution is 5.17. The van der Waals surface area contributed by atoms with Gasteiger partial charge >= 0.3 is 0 Å². The zero-order valence-corrected chi connectivity index (χ0v) is 13.3. The van der Waals surface area contributed by atoms with E-state index in [1.54, 1.807) is 0 Å². The van der Waals surface area contributed by atoms with Crippen LogP contribution in [0, 0.1) is 0 Å². The summed E-state index contributed by atoms with van der Waals surface area (Å²) in [7, 11) is 0. The van der Waals surface area contributed by atoms with E-state index in [0.717, 1.165) is 24.9 Å². The zero-order valence-electron chi connectivity index (χ0n) is 13.3. The van der Waals surface area contributed by atoms with E-state index in [4.69, 9.17) is 4.42 Å². The lowest BCUT2D eigenvalue weighted by Crippen LogP contribution is -2.33. The Morgan fingerprint density at radius 2 is 2.20 bits per heavy atom. The van der Waals surface area contributed by atoms with E-state index < -0.39 is 0 Å². The van der Waals surface area contributed by atoms with Crippen LogP contribution in [0.4, 0.5) is 0 Å². The van der Waals surface area contributed by atoms with E-state index in [1.807, 2.05) is 6.26 Å². The molecule has 1 aromatic heterocycles. The molecule has 0 aliphatic heterocycles. The maximum absolute atomic E-state index is 5.67. The van der Waals surface area contributed by atoms with E-state index in [1.165, 1.54) is 44.2 Å². The molecule has 0 bridgehead atoms. The number of hydrogen-bond acceptors (Lipinski definition) is 3. The normalized spacial score (nSPS) is 16.8. The van der Waals surface area contributed by atoms with Crippen LogP contribution in [0.5, 0.6) is 0 Å². The van der Waals surface area contributed by atoms with Crippen molar-refractivity contribution in [1.82, 2.24) is 10.2 Å². The molecule has 20 heavy (non-hydrogen) atoms. The Hall–Kier alpha value is -0.800. The number of unbranched alkanes of at least 4 members (excludes halogenated alkanes) is 1. The first kappa shape index (κ1) is 15.6. The van der Waals surface area contributed by atoms with Crippen LogP contribution < -0.4 is 5.32 Å². The molecule has 3 heteroatoms. The fourth-order valence-electron chi connectivity index (χ4n) is 2.48. The lowest BCUT2D eigenvalue weighted by molar-refractivity contribution is 0.191. The van der Waals surface area contributed by atoms with Gasteiger partial charge in [-0.1, -0.05) is 20.3 Å². The average molecular weight is 278 g/mol. The van der Waals surface area contributed by atoms with E-state index in [-0.39, 0.29) is 0 Å². The summed E-state index contributed by atoms with van der Waals surface area (Å²) in [6, 6.07) is 3.52. The molecule has 1 heterocycles. The van der Waals surface area contributed by atoms with Crippen molar-refractivity contribution in [2.24, 2.45) is 0 Å². The first-order valence-corrected chi connectivity index (χ1v) is 8.27. The van der Waals surface area contributed by atoms with Gasteiger partial charge in [-0.25, -0.2) is 0 Å². The number of nitrogens with zero attached hydrogens (tertiary/aromatic N) is 1. The van der Waals surface area contributed by atoms with E-state index in [0.29, 0.717) is 6.04 Å². The van der Waals surface area contributed by atoms with Gasteiger partial charge in [0, 0.05) is 24.2 Å². The standard InChI is InChI=1S/C17H30N2O/c1-4-6-10-19(14(3)5-2)13-15-9-11-20-17(15)12-18-16-7-8-16/h9,11,14,16,18H,4-8,10,12-13H2,1-3H3. The number of furan rings is 1. The second kappa shape index (κ2) is 7.84. The van der Waals surface area contributed by atoms with Crippen molar-refractivity contribution in [3.63, 3.8) is 0 Å². The van der Waals surface area contributed by atoms with Gasteiger partial charge in [-0.15, -0.1) is 0 Å². The summed E-state index contributed by atoms with van der Waals surface area (Å²) in [5.41, 5.74) is 1.36. The van der Waals surface area contributed by atoms with Gasteiger partial charge in [-0.3, -0.25) is 4.90 Å². The maximum atomic E-state index is 5.67. The minimum atomic E-state index is 0.640. The van der Waals surface area contributed by atoms with Crippen LogP contribution in [0.2, 0.25) is 0 Å². The first-order valence-electron chi connectivity index (χ1n) is 8.27. The summed E-state index contributed by atoms with van der Waals surface area (Å²) in [5.74, 6) is 1.13. The van der Waals surface area contributed by atoms with E-state index in [9.17, 15) is 0 Å². The Labute approximate surface area is 123 Å². The second-order valence-corrected chi connectivity index (χ2v) is 6.11. The molecule has 114 valence electrons. The Kier molecular flexibility index (Phi) is 6.11. The number of nitrogens with one attached hydrogen (secondary N) is 1. The predicted octanol–water partition coefficient (Wildman–Crippen LogP) is 3.93. The largest absolute Gasteiger partial charge is 0.468 e. The van der Waals surface area contributed by atoms with Crippen molar-refractivity contribution >= 4 is 0 Å². The molecule has 0 amide bonds. The predicted molar refractivity (Wildman–Crippen MR) is 83.6 cm³/mol. The quantitative estimate of drug-likeness (QED) is 0.703. The average Bonchev–Trinajstić information content (AvgIpc) is 3.19. The van der Waals surface area contributed by atoms with E-state index >= 15 is 0 Å². The van der Waals surface area contributed by atoms with Crippen LogP contribution in [-0.4, -0.2) is 23.5 Å². The van der Waals surface area contributed by atoms with E-state index in [2.05, 4.69) is 37.1 Å². The van der Waals surface area contributed by atoms with Gasteiger partial charge in [-0.05, 0) is 45.2 Å². The van der Waals surface area contributed by atoms with Gasteiger partial charge in [0.15, 0.2) is 0 Å². The molecular formula is C17H30N2O. The molecule has 1 fully saturated rings. The van der Waals surface area contributed by atoms with Crippen molar-refractivity contribution in [1.29, 1.82) is 0 Å². The maximum Gasteiger partial charge on any atom is 0.122 e. The Bertz CT molecular complexity index is 384. The third kappa shape index (κ3) is 4.64. The SMILES string of the molecule is CCCCN(Cc1ccoc1CNC1CC1)C(C)CC. The summed E-state index contributed by atoms with van der Waals surface area (Å²) in [6.45, 7) is 9.96. The molecule has 1 N–H and O–H groups in total. The lowest BCUT2D eigenvalue weighted by Gasteiger charge is -2.28. The molecule has 1 saturated carbocycles. The van der Waals surface area contributed by atoms with Gasteiger partial charge < -0.3 is 9.73 Å². The van der Waals surface area contributed by atoms with Gasteiger partial charge in [-0.2, -0.15) is 0 Å². The highest BCUT2D eigenvalue weighted by atomic mass is 16.3. The molecule has 0 saturated heterocycles. The van der Waals surface area contributed by atoms with Crippen LogP contribution >= 0.6 is 0 Å². The van der Waals surface area contributed by atoms with Crippen LogP contribution in [0.25, 0.3) is 0 Å². The summed E-state index contributed by atoms with van der Waals surface area (Å²) >= 11 is 0. The molecule has 0 spiro atoms. The summed E-state index contributed by atoms with van der Waals surface area (Å²) in [5, 5.41) is 3.55. The molecule has 0 radical (unpaired) electrons. The smallest absolute Gasteiger partial charge is 0.122 e. The molecule has 0 aromatic carbocycles. The minimum Gasteiger partial charge on any atom is -0.468 e.